The molecule has 1 aromatic rings. The molecule has 1 aliphatic rings. The molecule has 3 nitrogen and oxygen atoms in total. The molecule has 0 aliphatic heterocycles. The maximum Gasteiger partial charge on any atom is 0.223 e. The highest BCUT2D eigenvalue weighted by atomic mass is 16.5. The van der Waals surface area contributed by atoms with E-state index in [9.17, 15) is 4.79 Å². The summed E-state index contributed by atoms with van der Waals surface area (Å²) < 4.78 is 5.49. The van der Waals surface area contributed by atoms with Gasteiger partial charge < -0.3 is 10.1 Å². The lowest BCUT2D eigenvalue weighted by atomic mass is 10.1. The SMILES string of the molecule is O=C(CCOc1ccccc1)NCC1CCCC1. The molecule has 1 saturated carbocycles. The number of carbonyl (C=O) groups is 1. The van der Waals surface area contributed by atoms with Gasteiger partial charge in [-0.3, -0.25) is 4.79 Å². The Morgan fingerprint density at radius 2 is 1.94 bits per heavy atom. The molecule has 0 unspecified atom stereocenters. The zero-order valence-corrected chi connectivity index (χ0v) is 10.7. The first kappa shape index (κ1) is 12.9. The zero-order valence-electron chi connectivity index (χ0n) is 10.7. The highest BCUT2D eigenvalue weighted by Crippen LogP contribution is 2.23. The van der Waals surface area contributed by atoms with E-state index in [0.29, 0.717) is 18.9 Å². The Balaban J connectivity index is 1.57. The molecule has 0 radical (unpaired) electrons. The number of carbonyl (C=O) groups excluding carboxylic acids is 1. The van der Waals surface area contributed by atoms with Crippen molar-refractivity contribution in [2.45, 2.75) is 32.1 Å². The molecule has 1 fully saturated rings. The van der Waals surface area contributed by atoms with Crippen molar-refractivity contribution in [3.8, 4) is 5.75 Å². The second-order valence-corrected chi connectivity index (χ2v) is 4.87. The smallest absolute Gasteiger partial charge is 0.223 e. The van der Waals surface area contributed by atoms with Crippen LogP contribution in [0.15, 0.2) is 30.3 Å². The lowest BCUT2D eigenvalue weighted by molar-refractivity contribution is -0.121. The third kappa shape index (κ3) is 4.40. The van der Waals surface area contributed by atoms with Crippen LogP contribution in [0.5, 0.6) is 5.75 Å². The van der Waals surface area contributed by atoms with Crippen LogP contribution in [0.4, 0.5) is 0 Å². The van der Waals surface area contributed by atoms with Crippen molar-refractivity contribution >= 4 is 5.91 Å². The summed E-state index contributed by atoms with van der Waals surface area (Å²) in [6.45, 7) is 1.28. The first-order valence-electron chi connectivity index (χ1n) is 6.79. The minimum atomic E-state index is 0.0952. The minimum Gasteiger partial charge on any atom is -0.493 e. The van der Waals surface area contributed by atoms with Crippen LogP contribution in [-0.2, 0) is 4.79 Å². The maximum atomic E-state index is 11.6. The molecular formula is C15H21NO2. The van der Waals surface area contributed by atoms with Crippen LogP contribution >= 0.6 is 0 Å². The Bertz CT molecular complexity index is 358. The Hall–Kier alpha value is -1.51. The van der Waals surface area contributed by atoms with Gasteiger partial charge in [-0.25, -0.2) is 0 Å². The summed E-state index contributed by atoms with van der Waals surface area (Å²) in [7, 11) is 0. The summed E-state index contributed by atoms with van der Waals surface area (Å²) in [5, 5.41) is 2.99. The summed E-state index contributed by atoms with van der Waals surface area (Å²) in [6, 6.07) is 9.60. The van der Waals surface area contributed by atoms with Gasteiger partial charge in [0.15, 0.2) is 0 Å². The third-order valence-electron chi connectivity index (χ3n) is 3.40. The number of hydrogen-bond donors (Lipinski definition) is 1. The van der Waals surface area contributed by atoms with Gasteiger partial charge in [0.05, 0.1) is 13.0 Å². The molecular weight excluding hydrogens is 226 g/mol. The number of rotatable bonds is 6. The van der Waals surface area contributed by atoms with E-state index in [0.717, 1.165) is 12.3 Å². The highest BCUT2D eigenvalue weighted by molar-refractivity contribution is 5.75. The van der Waals surface area contributed by atoms with Crippen molar-refractivity contribution in [3.05, 3.63) is 30.3 Å². The number of nitrogens with one attached hydrogen (secondary N) is 1. The quantitative estimate of drug-likeness (QED) is 0.839. The van der Waals surface area contributed by atoms with E-state index in [-0.39, 0.29) is 5.91 Å². The molecule has 0 heterocycles. The van der Waals surface area contributed by atoms with Crippen molar-refractivity contribution < 1.29 is 9.53 Å². The molecule has 0 spiro atoms. The molecule has 0 saturated heterocycles. The van der Waals surface area contributed by atoms with E-state index in [1.807, 2.05) is 30.3 Å². The number of para-hydroxylation sites is 1. The van der Waals surface area contributed by atoms with Gasteiger partial charge >= 0.3 is 0 Å². The molecule has 1 aliphatic carbocycles. The molecule has 0 atom stereocenters. The summed E-state index contributed by atoms with van der Waals surface area (Å²) >= 11 is 0. The Morgan fingerprint density at radius 1 is 1.22 bits per heavy atom. The van der Waals surface area contributed by atoms with Gasteiger partial charge in [0, 0.05) is 6.54 Å². The van der Waals surface area contributed by atoms with Gasteiger partial charge in [-0.05, 0) is 30.9 Å². The van der Waals surface area contributed by atoms with Crippen LogP contribution in [0.25, 0.3) is 0 Å². The van der Waals surface area contributed by atoms with E-state index in [2.05, 4.69) is 5.32 Å². The molecule has 1 N–H and O–H groups in total. The van der Waals surface area contributed by atoms with Gasteiger partial charge in [-0.15, -0.1) is 0 Å². The molecule has 18 heavy (non-hydrogen) atoms. The Labute approximate surface area is 109 Å². The summed E-state index contributed by atoms with van der Waals surface area (Å²) in [4.78, 5) is 11.6. The fourth-order valence-electron chi connectivity index (χ4n) is 2.34. The molecule has 1 amide bonds. The normalized spacial score (nSPS) is 15.6. The van der Waals surface area contributed by atoms with Crippen molar-refractivity contribution in [3.63, 3.8) is 0 Å². The fraction of sp³-hybridized carbons (Fsp3) is 0.533. The summed E-state index contributed by atoms with van der Waals surface area (Å²) in [5.74, 6) is 1.61. The lowest BCUT2D eigenvalue weighted by Crippen LogP contribution is -2.29. The number of amides is 1. The van der Waals surface area contributed by atoms with E-state index >= 15 is 0 Å². The minimum absolute atomic E-state index is 0.0952. The maximum absolute atomic E-state index is 11.6. The fourth-order valence-corrected chi connectivity index (χ4v) is 2.34. The lowest BCUT2D eigenvalue weighted by Gasteiger charge is -2.11. The first-order valence-corrected chi connectivity index (χ1v) is 6.79. The van der Waals surface area contributed by atoms with E-state index < -0.39 is 0 Å². The van der Waals surface area contributed by atoms with E-state index in [1.54, 1.807) is 0 Å². The predicted molar refractivity (Wildman–Crippen MR) is 71.5 cm³/mol. The summed E-state index contributed by atoms with van der Waals surface area (Å²) in [6.07, 6.45) is 5.60. The predicted octanol–water partition coefficient (Wildman–Crippen LogP) is 2.76. The van der Waals surface area contributed by atoms with Crippen molar-refractivity contribution in [1.29, 1.82) is 0 Å². The number of ether oxygens (including phenoxy) is 1. The Morgan fingerprint density at radius 3 is 2.67 bits per heavy atom. The van der Waals surface area contributed by atoms with Crippen molar-refractivity contribution in [2.24, 2.45) is 5.92 Å². The molecule has 1 aromatic carbocycles. The van der Waals surface area contributed by atoms with Crippen molar-refractivity contribution in [1.82, 2.24) is 5.32 Å². The van der Waals surface area contributed by atoms with Crippen molar-refractivity contribution in [2.75, 3.05) is 13.2 Å². The van der Waals surface area contributed by atoms with Gasteiger partial charge in [-0.1, -0.05) is 31.0 Å². The second kappa shape index (κ2) is 7.04. The Kier molecular flexibility index (Phi) is 5.06. The molecule has 0 aromatic heterocycles. The van der Waals surface area contributed by atoms with Crippen LogP contribution in [0.2, 0.25) is 0 Å². The topological polar surface area (TPSA) is 38.3 Å². The largest absolute Gasteiger partial charge is 0.493 e. The van der Waals surface area contributed by atoms with Gasteiger partial charge in [0.1, 0.15) is 5.75 Å². The van der Waals surface area contributed by atoms with E-state index in [4.69, 9.17) is 4.74 Å². The van der Waals surface area contributed by atoms with Crippen LogP contribution in [-0.4, -0.2) is 19.1 Å². The van der Waals surface area contributed by atoms with Crippen LogP contribution < -0.4 is 10.1 Å². The van der Waals surface area contributed by atoms with E-state index in [1.165, 1.54) is 25.7 Å². The first-order chi connectivity index (χ1) is 8.84. The molecule has 2 rings (SSSR count). The second-order valence-electron chi connectivity index (χ2n) is 4.87. The monoisotopic (exact) mass is 247 g/mol. The average Bonchev–Trinajstić information content (AvgIpc) is 2.91. The number of hydrogen-bond acceptors (Lipinski definition) is 2. The van der Waals surface area contributed by atoms with Gasteiger partial charge in [0.25, 0.3) is 0 Å². The number of benzene rings is 1. The van der Waals surface area contributed by atoms with Gasteiger partial charge in [-0.2, -0.15) is 0 Å². The average molecular weight is 247 g/mol. The third-order valence-corrected chi connectivity index (χ3v) is 3.40. The van der Waals surface area contributed by atoms with Crippen LogP contribution in [0.1, 0.15) is 32.1 Å². The molecule has 98 valence electrons. The van der Waals surface area contributed by atoms with Crippen LogP contribution in [0.3, 0.4) is 0 Å². The van der Waals surface area contributed by atoms with Gasteiger partial charge in [0.2, 0.25) is 5.91 Å². The standard InChI is InChI=1S/C15H21NO2/c17-15(16-12-13-6-4-5-7-13)10-11-18-14-8-2-1-3-9-14/h1-3,8-9,13H,4-7,10-12H2,(H,16,17). The highest BCUT2D eigenvalue weighted by Gasteiger charge is 2.15. The molecule has 0 bridgehead atoms. The van der Waals surface area contributed by atoms with Crippen LogP contribution in [0, 0.1) is 5.92 Å². The molecule has 3 heteroatoms. The zero-order chi connectivity index (χ0) is 12.6. The summed E-state index contributed by atoms with van der Waals surface area (Å²) in [5.41, 5.74) is 0.